The topological polar surface area (TPSA) is 93.3 Å². The summed E-state index contributed by atoms with van der Waals surface area (Å²) in [5.74, 6) is -1.01. The van der Waals surface area contributed by atoms with Crippen LogP contribution in [0.15, 0.2) is 54.8 Å². The van der Waals surface area contributed by atoms with Crippen molar-refractivity contribution in [3.63, 3.8) is 0 Å². The van der Waals surface area contributed by atoms with Gasteiger partial charge in [-0.15, -0.1) is 5.53 Å². The number of allylic oxidation sites excluding steroid dienone is 3. The number of aromatic amines is 1. The summed E-state index contributed by atoms with van der Waals surface area (Å²) in [5.41, 5.74) is 8.37. The van der Waals surface area contributed by atoms with Gasteiger partial charge in [0, 0.05) is 11.9 Å². The van der Waals surface area contributed by atoms with Gasteiger partial charge < -0.3 is 10.1 Å². The molecule has 1 aromatic heterocycles. The van der Waals surface area contributed by atoms with Crippen LogP contribution in [0.25, 0.3) is 5.70 Å². The Balaban J connectivity index is 2.18. The van der Waals surface area contributed by atoms with Gasteiger partial charge in [-0.2, -0.15) is 0 Å². The van der Waals surface area contributed by atoms with Crippen LogP contribution in [0.3, 0.4) is 0 Å². The van der Waals surface area contributed by atoms with Crippen molar-refractivity contribution in [2.24, 2.45) is 0 Å². The lowest BCUT2D eigenvalue weighted by Crippen LogP contribution is -2.35. The quantitative estimate of drug-likeness (QED) is 0.475. The fourth-order valence-electron chi connectivity index (χ4n) is 1.65. The molecular formula is C13H15N5O2. The number of imidazole rings is 1. The van der Waals surface area contributed by atoms with Crippen molar-refractivity contribution in [3.8, 4) is 0 Å². The van der Waals surface area contributed by atoms with Crippen LogP contribution in [0.1, 0.15) is 12.6 Å². The van der Waals surface area contributed by atoms with Crippen LogP contribution in [0, 0.1) is 0 Å². The first-order valence-electron chi connectivity index (χ1n) is 5.87. The van der Waals surface area contributed by atoms with E-state index in [9.17, 15) is 4.79 Å². The van der Waals surface area contributed by atoms with E-state index < -0.39 is 5.97 Å². The minimum atomic E-state index is -1.01. The Labute approximate surface area is 116 Å². The highest BCUT2D eigenvalue weighted by Crippen LogP contribution is 2.16. The maximum atomic E-state index is 11.0. The molecule has 2 rings (SSSR count). The van der Waals surface area contributed by atoms with Gasteiger partial charge >= 0.3 is 5.97 Å². The summed E-state index contributed by atoms with van der Waals surface area (Å²) in [6.45, 7) is 5.29. The molecule has 0 fully saturated rings. The number of H-pyrrole nitrogens is 1. The summed E-state index contributed by atoms with van der Waals surface area (Å²) in [6, 6.07) is 0. The van der Waals surface area contributed by atoms with Crippen LogP contribution in [-0.4, -0.2) is 26.1 Å². The van der Waals surface area contributed by atoms with Gasteiger partial charge in [0.1, 0.15) is 0 Å². The average molecular weight is 273 g/mol. The zero-order chi connectivity index (χ0) is 14.5. The molecule has 0 unspecified atom stereocenters. The van der Waals surface area contributed by atoms with Gasteiger partial charge in [-0.3, -0.25) is 10.4 Å². The second kappa shape index (κ2) is 5.89. The van der Waals surface area contributed by atoms with Crippen molar-refractivity contribution >= 4 is 11.7 Å². The fourth-order valence-corrected chi connectivity index (χ4v) is 1.65. The summed E-state index contributed by atoms with van der Waals surface area (Å²) in [6.07, 6.45) is 9.49. The highest BCUT2D eigenvalue weighted by atomic mass is 16.4. The number of nitrogens with zero attached hydrogens (tertiary/aromatic N) is 2. The van der Waals surface area contributed by atoms with Gasteiger partial charge in [-0.1, -0.05) is 12.7 Å². The lowest BCUT2D eigenvalue weighted by Gasteiger charge is -2.15. The van der Waals surface area contributed by atoms with Crippen molar-refractivity contribution in [1.29, 1.82) is 0 Å². The van der Waals surface area contributed by atoms with Crippen molar-refractivity contribution in [2.75, 3.05) is 0 Å². The predicted octanol–water partition coefficient (Wildman–Crippen LogP) is 1.13. The Kier molecular flexibility index (Phi) is 4.02. The number of hydrogen-bond donors (Lipinski definition) is 4. The van der Waals surface area contributed by atoms with E-state index in [-0.39, 0.29) is 5.57 Å². The molecule has 0 saturated heterocycles. The lowest BCUT2D eigenvalue weighted by molar-refractivity contribution is -0.132. The maximum Gasteiger partial charge on any atom is 0.335 e. The minimum absolute atomic E-state index is 0.155. The number of carbonyl (C=O) groups is 1. The van der Waals surface area contributed by atoms with E-state index in [1.54, 1.807) is 36.7 Å². The second-order valence-corrected chi connectivity index (χ2v) is 4.06. The van der Waals surface area contributed by atoms with Crippen LogP contribution in [0.4, 0.5) is 0 Å². The zero-order valence-electron chi connectivity index (χ0n) is 10.9. The molecule has 2 heterocycles. The fraction of sp³-hybridized carbons (Fsp3) is 0.0769. The van der Waals surface area contributed by atoms with Crippen molar-refractivity contribution in [1.82, 2.24) is 25.9 Å². The molecule has 104 valence electrons. The molecule has 1 aliphatic heterocycles. The molecule has 1 aliphatic rings. The number of carboxylic acid groups (broad SMARTS) is 1. The number of nitrogens with one attached hydrogen (secondary N) is 3. The van der Waals surface area contributed by atoms with Crippen LogP contribution < -0.4 is 11.0 Å². The number of hydrazine groups is 2. The molecule has 0 aromatic carbocycles. The first-order chi connectivity index (χ1) is 9.61. The third-order valence-corrected chi connectivity index (χ3v) is 2.65. The van der Waals surface area contributed by atoms with Crippen molar-refractivity contribution in [2.45, 2.75) is 6.92 Å². The maximum absolute atomic E-state index is 11.0. The molecule has 0 amide bonds. The van der Waals surface area contributed by atoms with Gasteiger partial charge in [0.15, 0.2) is 0 Å². The molecule has 0 spiro atoms. The van der Waals surface area contributed by atoms with Gasteiger partial charge in [0.25, 0.3) is 0 Å². The van der Waals surface area contributed by atoms with E-state index in [4.69, 9.17) is 5.11 Å². The zero-order valence-corrected chi connectivity index (χ0v) is 10.9. The second-order valence-electron chi connectivity index (χ2n) is 4.06. The molecule has 7 heteroatoms. The minimum Gasteiger partial charge on any atom is -0.478 e. The Bertz CT molecular complexity index is 598. The Morgan fingerprint density at radius 1 is 1.55 bits per heavy atom. The standard InChI is InChI=1S/C13H15N5O2/c1-3-4-10(13(19)20)5-9(2)18-7-12(16-17-18)11-6-14-8-15-11/h3-8,16-17H,1H2,2H3,(H,14,15)(H,19,20)/b9-5+,10-4+. The first-order valence-corrected chi connectivity index (χ1v) is 5.87. The van der Waals surface area contributed by atoms with E-state index >= 15 is 0 Å². The number of hydrogen-bond acceptors (Lipinski definition) is 5. The molecule has 0 saturated carbocycles. The first kappa shape index (κ1) is 13.6. The van der Waals surface area contributed by atoms with E-state index in [0.29, 0.717) is 5.70 Å². The number of rotatable bonds is 5. The third kappa shape index (κ3) is 2.96. The Morgan fingerprint density at radius 3 is 2.95 bits per heavy atom. The monoisotopic (exact) mass is 273 g/mol. The van der Waals surface area contributed by atoms with Crippen LogP contribution in [-0.2, 0) is 4.79 Å². The van der Waals surface area contributed by atoms with Gasteiger partial charge in [0.05, 0.1) is 29.5 Å². The van der Waals surface area contributed by atoms with E-state index in [2.05, 4.69) is 27.5 Å². The molecule has 7 nitrogen and oxygen atoms in total. The summed E-state index contributed by atoms with van der Waals surface area (Å²) in [5, 5.41) is 10.7. The van der Waals surface area contributed by atoms with Crippen molar-refractivity contribution in [3.05, 3.63) is 60.5 Å². The smallest absolute Gasteiger partial charge is 0.335 e. The molecule has 4 N–H and O–H groups in total. The molecule has 0 radical (unpaired) electrons. The summed E-state index contributed by atoms with van der Waals surface area (Å²) >= 11 is 0. The normalized spacial score (nSPS) is 15.8. The average Bonchev–Trinajstić information content (AvgIpc) is 3.08. The Morgan fingerprint density at radius 2 is 2.35 bits per heavy atom. The van der Waals surface area contributed by atoms with E-state index in [1.165, 1.54) is 12.2 Å². The Hall–Kier alpha value is -2.80. The molecule has 1 aromatic rings. The molecule has 0 aliphatic carbocycles. The molecule has 20 heavy (non-hydrogen) atoms. The van der Waals surface area contributed by atoms with E-state index in [1.807, 2.05) is 0 Å². The SMILES string of the molecule is C=C/C=C(\C=C(/C)N1C=C(c2cnc[nH]2)NN1)C(=O)O. The van der Waals surface area contributed by atoms with Crippen LogP contribution in [0.5, 0.6) is 0 Å². The van der Waals surface area contributed by atoms with Gasteiger partial charge in [-0.05, 0) is 19.1 Å². The number of carboxylic acids is 1. The highest BCUT2D eigenvalue weighted by molar-refractivity contribution is 5.90. The van der Waals surface area contributed by atoms with Crippen LogP contribution in [0.2, 0.25) is 0 Å². The lowest BCUT2D eigenvalue weighted by atomic mass is 10.2. The van der Waals surface area contributed by atoms with Gasteiger partial charge in [0.2, 0.25) is 0 Å². The molecular weight excluding hydrogens is 258 g/mol. The predicted molar refractivity (Wildman–Crippen MR) is 74.3 cm³/mol. The van der Waals surface area contributed by atoms with Crippen LogP contribution >= 0.6 is 0 Å². The largest absolute Gasteiger partial charge is 0.478 e. The molecule has 0 atom stereocenters. The number of aromatic nitrogens is 2. The van der Waals surface area contributed by atoms with Gasteiger partial charge in [-0.25, -0.2) is 9.78 Å². The summed E-state index contributed by atoms with van der Waals surface area (Å²) in [7, 11) is 0. The summed E-state index contributed by atoms with van der Waals surface area (Å²) < 4.78 is 0. The number of aliphatic carboxylic acids is 1. The molecule has 0 bridgehead atoms. The third-order valence-electron chi connectivity index (χ3n) is 2.65. The summed E-state index contributed by atoms with van der Waals surface area (Å²) in [4.78, 5) is 18.0. The van der Waals surface area contributed by atoms with E-state index in [0.717, 1.165) is 11.4 Å². The highest BCUT2D eigenvalue weighted by Gasteiger charge is 2.15. The van der Waals surface area contributed by atoms with Crippen molar-refractivity contribution < 1.29 is 9.90 Å².